The molecule has 3 nitrogen and oxygen atoms in total. The van der Waals surface area contributed by atoms with Crippen LogP contribution in [0.1, 0.15) is 31.7 Å². The highest BCUT2D eigenvalue weighted by Crippen LogP contribution is 2.27. The fourth-order valence-corrected chi connectivity index (χ4v) is 2.21. The van der Waals surface area contributed by atoms with Crippen LogP contribution >= 0.6 is 22.6 Å². The molecule has 0 N–H and O–H groups in total. The van der Waals surface area contributed by atoms with Crippen LogP contribution in [0.15, 0.2) is 17.1 Å². The van der Waals surface area contributed by atoms with Crippen LogP contribution in [-0.4, -0.2) is 9.78 Å². The maximum absolute atomic E-state index is 11.5. The van der Waals surface area contributed by atoms with Gasteiger partial charge in [-0.25, -0.2) is 4.68 Å². The van der Waals surface area contributed by atoms with Crippen molar-refractivity contribution in [1.82, 2.24) is 9.78 Å². The van der Waals surface area contributed by atoms with E-state index in [1.807, 2.05) is 0 Å². The zero-order valence-electron chi connectivity index (χ0n) is 7.24. The van der Waals surface area contributed by atoms with Crippen molar-refractivity contribution in [2.75, 3.05) is 0 Å². The SMILES string of the molecule is O=c1cc(I)cnn1C1CCCC1. The second-order valence-electron chi connectivity index (χ2n) is 3.39. The third-order valence-corrected chi connectivity index (χ3v) is 3.05. The molecule has 70 valence electrons. The summed E-state index contributed by atoms with van der Waals surface area (Å²) in [6.07, 6.45) is 6.41. The Kier molecular flexibility index (Phi) is 2.66. The summed E-state index contributed by atoms with van der Waals surface area (Å²) in [5.41, 5.74) is 0.0406. The summed E-state index contributed by atoms with van der Waals surface area (Å²) in [6, 6.07) is 2.00. The summed E-state index contributed by atoms with van der Waals surface area (Å²) >= 11 is 2.11. The summed E-state index contributed by atoms with van der Waals surface area (Å²) in [4.78, 5) is 11.5. The van der Waals surface area contributed by atoms with Gasteiger partial charge in [0, 0.05) is 9.64 Å². The Hall–Kier alpha value is -0.390. The fourth-order valence-electron chi connectivity index (χ4n) is 1.82. The molecule has 2 rings (SSSR count). The molecule has 1 aliphatic rings. The average molecular weight is 290 g/mol. The van der Waals surface area contributed by atoms with Gasteiger partial charge in [-0.1, -0.05) is 12.8 Å². The molecular weight excluding hydrogens is 279 g/mol. The molecule has 0 atom stereocenters. The van der Waals surface area contributed by atoms with Crippen molar-refractivity contribution < 1.29 is 0 Å². The van der Waals surface area contributed by atoms with Gasteiger partial charge in [-0.15, -0.1) is 0 Å². The molecule has 1 aliphatic carbocycles. The molecule has 13 heavy (non-hydrogen) atoms. The summed E-state index contributed by atoms with van der Waals surface area (Å²) in [7, 11) is 0. The topological polar surface area (TPSA) is 34.9 Å². The number of rotatable bonds is 1. The standard InChI is InChI=1S/C9H11IN2O/c10-7-5-9(13)12(11-6-7)8-3-1-2-4-8/h5-6,8H,1-4H2. The van der Waals surface area contributed by atoms with Crippen LogP contribution < -0.4 is 5.56 Å². The highest BCUT2D eigenvalue weighted by atomic mass is 127. The number of aromatic nitrogens is 2. The Balaban J connectivity index is 2.34. The van der Waals surface area contributed by atoms with E-state index in [1.54, 1.807) is 16.9 Å². The van der Waals surface area contributed by atoms with Crippen LogP contribution in [0.3, 0.4) is 0 Å². The molecule has 1 aromatic rings. The molecule has 1 fully saturated rings. The molecule has 0 bridgehead atoms. The molecule has 0 amide bonds. The Bertz CT molecular complexity index is 355. The van der Waals surface area contributed by atoms with Crippen molar-refractivity contribution in [3.05, 3.63) is 26.2 Å². The molecule has 0 aromatic carbocycles. The number of hydrogen-bond donors (Lipinski definition) is 0. The minimum atomic E-state index is 0.0406. The Morgan fingerprint density at radius 1 is 1.46 bits per heavy atom. The first-order valence-electron chi connectivity index (χ1n) is 4.52. The van der Waals surface area contributed by atoms with Crippen molar-refractivity contribution in [3.63, 3.8) is 0 Å². The fraction of sp³-hybridized carbons (Fsp3) is 0.556. The van der Waals surface area contributed by atoms with Gasteiger partial charge >= 0.3 is 0 Å². The van der Waals surface area contributed by atoms with E-state index in [2.05, 4.69) is 27.7 Å². The van der Waals surface area contributed by atoms with Crippen molar-refractivity contribution >= 4 is 22.6 Å². The molecule has 1 heterocycles. The molecule has 4 heteroatoms. The minimum absolute atomic E-state index is 0.0406. The summed E-state index contributed by atoms with van der Waals surface area (Å²) in [5, 5.41) is 4.16. The van der Waals surface area contributed by atoms with Gasteiger partial charge in [0.05, 0.1) is 12.2 Å². The van der Waals surface area contributed by atoms with E-state index >= 15 is 0 Å². The van der Waals surface area contributed by atoms with E-state index in [0.29, 0.717) is 6.04 Å². The van der Waals surface area contributed by atoms with Crippen molar-refractivity contribution in [2.24, 2.45) is 0 Å². The normalized spacial score (nSPS) is 17.9. The number of nitrogens with zero attached hydrogens (tertiary/aromatic N) is 2. The maximum atomic E-state index is 11.5. The Labute approximate surface area is 90.3 Å². The zero-order chi connectivity index (χ0) is 9.26. The van der Waals surface area contributed by atoms with E-state index in [-0.39, 0.29) is 5.56 Å². The van der Waals surface area contributed by atoms with Gasteiger partial charge in [-0.05, 0) is 35.4 Å². The molecule has 1 aromatic heterocycles. The summed E-state index contributed by atoms with van der Waals surface area (Å²) in [6.45, 7) is 0. The maximum Gasteiger partial charge on any atom is 0.268 e. The highest BCUT2D eigenvalue weighted by molar-refractivity contribution is 14.1. The van der Waals surface area contributed by atoms with E-state index in [0.717, 1.165) is 16.4 Å². The largest absolute Gasteiger partial charge is 0.268 e. The van der Waals surface area contributed by atoms with Gasteiger partial charge in [0.2, 0.25) is 0 Å². The molecule has 0 saturated heterocycles. The minimum Gasteiger partial charge on any atom is -0.268 e. The van der Waals surface area contributed by atoms with E-state index in [9.17, 15) is 4.79 Å². The average Bonchev–Trinajstić information content (AvgIpc) is 2.56. The smallest absolute Gasteiger partial charge is 0.268 e. The van der Waals surface area contributed by atoms with E-state index < -0.39 is 0 Å². The first-order chi connectivity index (χ1) is 6.27. The van der Waals surface area contributed by atoms with Crippen molar-refractivity contribution in [1.29, 1.82) is 0 Å². The third-order valence-electron chi connectivity index (χ3n) is 2.46. The molecule has 0 radical (unpaired) electrons. The van der Waals surface area contributed by atoms with Crippen LogP contribution in [0.4, 0.5) is 0 Å². The quantitative estimate of drug-likeness (QED) is 0.741. The zero-order valence-corrected chi connectivity index (χ0v) is 9.40. The van der Waals surface area contributed by atoms with Crippen LogP contribution in [0.2, 0.25) is 0 Å². The van der Waals surface area contributed by atoms with Gasteiger partial charge in [0.1, 0.15) is 0 Å². The molecule has 0 aliphatic heterocycles. The van der Waals surface area contributed by atoms with Crippen LogP contribution in [0.25, 0.3) is 0 Å². The predicted octanol–water partition coefficient (Wildman–Crippen LogP) is 1.96. The second kappa shape index (κ2) is 3.77. The summed E-state index contributed by atoms with van der Waals surface area (Å²) in [5.74, 6) is 0. The van der Waals surface area contributed by atoms with Crippen molar-refractivity contribution in [3.8, 4) is 0 Å². The summed E-state index contributed by atoms with van der Waals surface area (Å²) < 4.78 is 2.55. The monoisotopic (exact) mass is 290 g/mol. The molecule has 0 unspecified atom stereocenters. The lowest BCUT2D eigenvalue weighted by molar-refractivity contribution is 0.443. The second-order valence-corrected chi connectivity index (χ2v) is 4.64. The molecular formula is C9H11IN2O. The highest BCUT2D eigenvalue weighted by Gasteiger charge is 2.18. The first kappa shape index (κ1) is 9.18. The van der Waals surface area contributed by atoms with E-state index in [1.165, 1.54) is 12.8 Å². The lowest BCUT2D eigenvalue weighted by Crippen LogP contribution is -2.25. The van der Waals surface area contributed by atoms with Crippen LogP contribution in [-0.2, 0) is 0 Å². The Morgan fingerprint density at radius 3 is 2.77 bits per heavy atom. The van der Waals surface area contributed by atoms with Crippen molar-refractivity contribution in [2.45, 2.75) is 31.7 Å². The first-order valence-corrected chi connectivity index (χ1v) is 5.59. The van der Waals surface area contributed by atoms with Gasteiger partial charge in [0.25, 0.3) is 5.56 Å². The predicted molar refractivity (Wildman–Crippen MR) is 58.7 cm³/mol. The van der Waals surface area contributed by atoms with Gasteiger partial charge in [0.15, 0.2) is 0 Å². The third kappa shape index (κ3) is 1.92. The van der Waals surface area contributed by atoms with Gasteiger partial charge in [-0.3, -0.25) is 4.79 Å². The number of halogens is 1. The van der Waals surface area contributed by atoms with Crippen LogP contribution in [0.5, 0.6) is 0 Å². The van der Waals surface area contributed by atoms with E-state index in [4.69, 9.17) is 0 Å². The lowest BCUT2D eigenvalue weighted by Gasteiger charge is -2.10. The lowest BCUT2D eigenvalue weighted by atomic mass is 10.2. The van der Waals surface area contributed by atoms with Crippen LogP contribution in [0, 0.1) is 3.57 Å². The van der Waals surface area contributed by atoms with Gasteiger partial charge in [-0.2, -0.15) is 5.10 Å². The molecule has 1 saturated carbocycles. The number of hydrogen-bond acceptors (Lipinski definition) is 2. The van der Waals surface area contributed by atoms with Gasteiger partial charge < -0.3 is 0 Å². The molecule has 0 spiro atoms. The Morgan fingerprint density at radius 2 is 2.15 bits per heavy atom.